The van der Waals surface area contributed by atoms with Crippen LogP contribution in [0.2, 0.25) is 0 Å². The zero-order valence-electron chi connectivity index (χ0n) is 9.78. The second kappa shape index (κ2) is 5.27. The number of imidazole rings is 1. The highest BCUT2D eigenvalue weighted by atomic mass is 16.5. The van der Waals surface area contributed by atoms with Gasteiger partial charge in [0.2, 0.25) is 0 Å². The predicted octanol–water partition coefficient (Wildman–Crippen LogP) is 1.16. The zero-order chi connectivity index (χ0) is 11.4. The maximum atomic E-state index is 5.49. The molecule has 1 aliphatic heterocycles. The molecule has 1 fully saturated rings. The monoisotopic (exact) mass is 221 g/mol. The van der Waals surface area contributed by atoms with Gasteiger partial charge >= 0.3 is 0 Å². The summed E-state index contributed by atoms with van der Waals surface area (Å²) in [5.74, 6) is 0.628. The van der Waals surface area contributed by atoms with Gasteiger partial charge in [-0.15, -0.1) is 0 Å². The number of hydrogen-bond acceptors (Lipinski definition) is 3. The third kappa shape index (κ3) is 2.71. The van der Waals surface area contributed by atoms with E-state index in [0.717, 1.165) is 31.8 Å². The first-order valence-corrected chi connectivity index (χ1v) is 5.70. The molecule has 1 aromatic rings. The van der Waals surface area contributed by atoms with Crippen LogP contribution in [-0.2, 0) is 11.3 Å². The SMILES string of the molecule is C=C(C)COCCn1cncc1C1CNC1. The number of rotatable bonds is 6. The smallest absolute Gasteiger partial charge is 0.0949 e. The summed E-state index contributed by atoms with van der Waals surface area (Å²) in [6.07, 6.45) is 3.85. The lowest BCUT2D eigenvalue weighted by molar-refractivity contribution is 0.146. The minimum atomic E-state index is 0.628. The lowest BCUT2D eigenvalue weighted by Gasteiger charge is -2.27. The molecule has 0 spiro atoms. The van der Waals surface area contributed by atoms with Crippen molar-refractivity contribution in [3.8, 4) is 0 Å². The highest BCUT2D eigenvalue weighted by Crippen LogP contribution is 2.18. The average molecular weight is 221 g/mol. The summed E-state index contributed by atoms with van der Waals surface area (Å²) >= 11 is 0. The molecule has 1 saturated heterocycles. The van der Waals surface area contributed by atoms with Gasteiger partial charge in [0.1, 0.15) is 0 Å². The quantitative estimate of drug-likeness (QED) is 0.579. The van der Waals surface area contributed by atoms with E-state index in [1.54, 1.807) is 0 Å². The third-order valence-electron chi connectivity index (χ3n) is 2.77. The van der Waals surface area contributed by atoms with Gasteiger partial charge in [0.05, 0.1) is 19.5 Å². The van der Waals surface area contributed by atoms with Gasteiger partial charge in [-0.25, -0.2) is 4.98 Å². The first-order chi connectivity index (χ1) is 7.77. The van der Waals surface area contributed by atoms with Gasteiger partial charge in [-0.2, -0.15) is 0 Å². The lowest BCUT2D eigenvalue weighted by atomic mass is 10.00. The Morgan fingerprint density at radius 1 is 1.69 bits per heavy atom. The van der Waals surface area contributed by atoms with Gasteiger partial charge in [-0.1, -0.05) is 12.2 Å². The minimum absolute atomic E-state index is 0.628. The van der Waals surface area contributed by atoms with Crippen molar-refractivity contribution in [3.05, 3.63) is 30.4 Å². The zero-order valence-corrected chi connectivity index (χ0v) is 9.78. The van der Waals surface area contributed by atoms with Crippen LogP contribution >= 0.6 is 0 Å². The number of hydrogen-bond donors (Lipinski definition) is 1. The summed E-state index contributed by atoms with van der Waals surface area (Å²) in [7, 11) is 0. The standard InChI is InChI=1S/C12H19N3O/c1-10(2)8-16-4-3-15-9-14-7-12(15)11-5-13-6-11/h7,9,11,13H,1,3-6,8H2,2H3. The molecule has 0 bridgehead atoms. The van der Waals surface area contributed by atoms with Crippen molar-refractivity contribution in [2.75, 3.05) is 26.3 Å². The van der Waals surface area contributed by atoms with Crippen molar-refractivity contribution < 1.29 is 4.74 Å². The van der Waals surface area contributed by atoms with Crippen LogP contribution in [0, 0.1) is 0 Å². The number of ether oxygens (including phenoxy) is 1. The molecule has 2 heterocycles. The van der Waals surface area contributed by atoms with Crippen LogP contribution in [0.3, 0.4) is 0 Å². The van der Waals surface area contributed by atoms with Gasteiger partial charge in [0.15, 0.2) is 0 Å². The number of nitrogens with one attached hydrogen (secondary N) is 1. The third-order valence-corrected chi connectivity index (χ3v) is 2.77. The molecule has 1 aliphatic rings. The van der Waals surface area contributed by atoms with Crippen molar-refractivity contribution in [3.63, 3.8) is 0 Å². The second-order valence-electron chi connectivity index (χ2n) is 4.38. The summed E-state index contributed by atoms with van der Waals surface area (Å²) < 4.78 is 7.68. The number of nitrogens with zero attached hydrogens (tertiary/aromatic N) is 2. The van der Waals surface area contributed by atoms with Gasteiger partial charge in [0, 0.05) is 37.4 Å². The molecule has 4 heteroatoms. The maximum Gasteiger partial charge on any atom is 0.0949 e. The molecule has 0 saturated carbocycles. The predicted molar refractivity (Wildman–Crippen MR) is 63.5 cm³/mol. The molecule has 1 N–H and O–H groups in total. The van der Waals surface area contributed by atoms with E-state index < -0.39 is 0 Å². The molecule has 1 aromatic heterocycles. The van der Waals surface area contributed by atoms with E-state index in [4.69, 9.17) is 4.74 Å². The van der Waals surface area contributed by atoms with Crippen molar-refractivity contribution in [1.82, 2.24) is 14.9 Å². The molecular formula is C12H19N3O. The Morgan fingerprint density at radius 2 is 2.50 bits per heavy atom. The summed E-state index contributed by atoms with van der Waals surface area (Å²) in [4.78, 5) is 4.20. The first-order valence-electron chi connectivity index (χ1n) is 5.70. The Bertz CT molecular complexity index is 355. The molecule has 0 amide bonds. The highest BCUT2D eigenvalue weighted by molar-refractivity contribution is 5.11. The van der Waals surface area contributed by atoms with E-state index in [9.17, 15) is 0 Å². The lowest BCUT2D eigenvalue weighted by Crippen LogP contribution is -2.41. The Balaban J connectivity index is 1.80. The van der Waals surface area contributed by atoms with E-state index in [2.05, 4.69) is 21.4 Å². The molecule has 0 radical (unpaired) electrons. The van der Waals surface area contributed by atoms with E-state index in [1.807, 2.05) is 19.4 Å². The minimum Gasteiger partial charge on any atom is -0.375 e. The molecule has 0 unspecified atom stereocenters. The molecule has 88 valence electrons. The van der Waals surface area contributed by atoms with Gasteiger partial charge < -0.3 is 14.6 Å². The van der Waals surface area contributed by atoms with Crippen LogP contribution in [0.15, 0.2) is 24.7 Å². The second-order valence-corrected chi connectivity index (χ2v) is 4.38. The summed E-state index contributed by atoms with van der Waals surface area (Å²) in [5, 5.41) is 3.27. The van der Waals surface area contributed by atoms with Crippen LogP contribution in [0.4, 0.5) is 0 Å². The first kappa shape index (κ1) is 11.4. The summed E-state index contributed by atoms with van der Waals surface area (Å²) in [6, 6.07) is 0. The normalized spacial score (nSPS) is 16.1. The molecule has 0 aromatic carbocycles. The van der Waals surface area contributed by atoms with Gasteiger partial charge in [-0.05, 0) is 6.92 Å². The fourth-order valence-corrected chi connectivity index (χ4v) is 1.76. The van der Waals surface area contributed by atoms with Crippen LogP contribution in [0.5, 0.6) is 0 Å². The van der Waals surface area contributed by atoms with Crippen LogP contribution < -0.4 is 5.32 Å². The van der Waals surface area contributed by atoms with Crippen molar-refractivity contribution >= 4 is 0 Å². The van der Waals surface area contributed by atoms with Crippen molar-refractivity contribution in [2.45, 2.75) is 19.4 Å². The fraction of sp³-hybridized carbons (Fsp3) is 0.583. The average Bonchev–Trinajstić information content (AvgIpc) is 2.58. The Kier molecular flexibility index (Phi) is 3.74. The van der Waals surface area contributed by atoms with E-state index in [0.29, 0.717) is 12.5 Å². The molecule has 0 aliphatic carbocycles. The van der Waals surface area contributed by atoms with Crippen LogP contribution in [0.1, 0.15) is 18.5 Å². The van der Waals surface area contributed by atoms with Gasteiger partial charge in [0.25, 0.3) is 0 Å². The molecular weight excluding hydrogens is 202 g/mol. The molecule has 16 heavy (non-hydrogen) atoms. The van der Waals surface area contributed by atoms with E-state index >= 15 is 0 Å². The molecule has 2 rings (SSSR count). The Labute approximate surface area is 96.3 Å². The van der Waals surface area contributed by atoms with Gasteiger partial charge in [-0.3, -0.25) is 0 Å². The van der Waals surface area contributed by atoms with Crippen molar-refractivity contribution in [1.29, 1.82) is 0 Å². The fourth-order valence-electron chi connectivity index (χ4n) is 1.76. The highest BCUT2D eigenvalue weighted by Gasteiger charge is 2.21. The topological polar surface area (TPSA) is 39.1 Å². The molecule has 4 nitrogen and oxygen atoms in total. The maximum absolute atomic E-state index is 5.49. The van der Waals surface area contributed by atoms with E-state index in [1.165, 1.54) is 5.69 Å². The van der Waals surface area contributed by atoms with Crippen LogP contribution in [-0.4, -0.2) is 35.9 Å². The Hall–Kier alpha value is -1.13. The van der Waals surface area contributed by atoms with Crippen molar-refractivity contribution in [2.24, 2.45) is 0 Å². The largest absolute Gasteiger partial charge is 0.375 e. The summed E-state index contributed by atoms with van der Waals surface area (Å²) in [5.41, 5.74) is 2.38. The van der Waals surface area contributed by atoms with E-state index in [-0.39, 0.29) is 0 Å². The molecule has 0 atom stereocenters. The number of aromatic nitrogens is 2. The Morgan fingerprint density at radius 3 is 3.12 bits per heavy atom. The van der Waals surface area contributed by atoms with Crippen LogP contribution in [0.25, 0.3) is 0 Å². The summed E-state index contributed by atoms with van der Waals surface area (Å²) in [6.45, 7) is 10.2.